The lowest BCUT2D eigenvalue weighted by Gasteiger charge is -2.30. The van der Waals surface area contributed by atoms with Crippen LogP contribution in [0.15, 0.2) is 18.2 Å². The van der Waals surface area contributed by atoms with Crippen LogP contribution >= 0.6 is 0 Å². The second-order valence-corrected chi connectivity index (χ2v) is 7.04. The topological polar surface area (TPSA) is 26.7 Å². The van der Waals surface area contributed by atoms with Crippen LogP contribution < -0.4 is 0 Å². The van der Waals surface area contributed by atoms with Crippen molar-refractivity contribution < 1.29 is 13.9 Å². The molecule has 2 aliphatic heterocycles. The molecule has 2 atom stereocenters. The van der Waals surface area contributed by atoms with Crippen molar-refractivity contribution in [3.05, 3.63) is 35.4 Å². The fourth-order valence-electron chi connectivity index (χ4n) is 4.01. The summed E-state index contributed by atoms with van der Waals surface area (Å²) in [6.45, 7) is 5.76. The SMILES string of the molecule is OC[C@H]1CN(Cc2cc(F)cc(F)c2)C[C@H]1CN1CCCCC1. The number of piperidine rings is 1. The summed E-state index contributed by atoms with van der Waals surface area (Å²) >= 11 is 0. The highest BCUT2D eigenvalue weighted by Gasteiger charge is 2.33. The first kappa shape index (κ1) is 16.8. The van der Waals surface area contributed by atoms with Crippen LogP contribution in [-0.2, 0) is 6.54 Å². The summed E-state index contributed by atoms with van der Waals surface area (Å²) in [6, 6.07) is 3.70. The molecule has 3 rings (SSSR count). The molecule has 0 aromatic heterocycles. The van der Waals surface area contributed by atoms with Gasteiger partial charge in [-0.1, -0.05) is 6.42 Å². The van der Waals surface area contributed by atoms with Gasteiger partial charge in [0, 0.05) is 38.9 Å². The molecular formula is C18H26F2N2O. The molecule has 128 valence electrons. The minimum absolute atomic E-state index is 0.187. The second kappa shape index (κ2) is 7.69. The Bertz CT molecular complexity index is 499. The van der Waals surface area contributed by atoms with E-state index in [1.54, 1.807) is 0 Å². The molecule has 0 radical (unpaired) electrons. The molecule has 0 aliphatic carbocycles. The monoisotopic (exact) mass is 324 g/mol. The highest BCUT2D eigenvalue weighted by molar-refractivity contribution is 5.18. The summed E-state index contributed by atoms with van der Waals surface area (Å²) in [7, 11) is 0. The summed E-state index contributed by atoms with van der Waals surface area (Å²) in [6.07, 6.45) is 3.85. The second-order valence-electron chi connectivity index (χ2n) is 7.04. The van der Waals surface area contributed by atoms with Gasteiger partial charge in [0.15, 0.2) is 0 Å². The Balaban J connectivity index is 1.59. The third-order valence-corrected chi connectivity index (χ3v) is 5.16. The Kier molecular flexibility index (Phi) is 5.62. The largest absolute Gasteiger partial charge is 0.396 e. The molecule has 0 spiro atoms. The zero-order chi connectivity index (χ0) is 16.2. The van der Waals surface area contributed by atoms with Crippen molar-refractivity contribution in [2.24, 2.45) is 11.8 Å². The van der Waals surface area contributed by atoms with Gasteiger partial charge in [-0.3, -0.25) is 4.90 Å². The van der Waals surface area contributed by atoms with E-state index in [0.717, 1.165) is 38.8 Å². The zero-order valence-corrected chi connectivity index (χ0v) is 13.6. The van der Waals surface area contributed by atoms with Crippen LogP contribution in [0, 0.1) is 23.5 Å². The molecule has 0 bridgehead atoms. The summed E-state index contributed by atoms with van der Waals surface area (Å²) < 4.78 is 26.7. The molecule has 2 saturated heterocycles. The average molecular weight is 324 g/mol. The van der Waals surface area contributed by atoms with E-state index in [1.807, 2.05) is 0 Å². The van der Waals surface area contributed by atoms with E-state index in [1.165, 1.54) is 31.4 Å². The first-order chi connectivity index (χ1) is 11.1. The fourth-order valence-corrected chi connectivity index (χ4v) is 4.01. The van der Waals surface area contributed by atoms with Gasteiger partial charge < -0.3 is 10.0 Å². The number of hydrogen-bond acceptors (Lipinski definition) is 3. The van der Waals surface area contributed by atoms with E-state index >= 15 is 0 Å². The summed E-state index contributed by atoms with van der Waals surface area (Å²) in [4.78, 5) is 4.71. The number of halogens is 2. The quantitative estimate of drug-likeness (QED) is 0.901. The molecule has 23 heavy (non-hydrogen) atoms. The highest BCUT2D eigenvalue weighted by Crippen LogP contribution is 2.27. The third kappa shape index (κ3) is 4.49. The maximum absolute atomic E-state index is 13.3. The predicted molar refractivity (Wildman–Crippen MR) is 86.0 cm³/mol. The molecule has 2 fully saturated rings. The molecule has 2 aliphatic rings. The Morgan fingerprint density at radius 3 is 2.22 bits per heavy atom. The number of aliphatic hydroxyl groups excluding tert-OH is 1. The number of nitrogens with zero attached hydrogens (tertiary/aromatic N) is 2. The van der Waals surface area contributed by atoms with Gasteiger partial charge in [-0.05, 0) is 55.5 Å². The van der Waals surface area contributed by atoms with Gasteiger partial charge >= 0.3 is 0 Å². The van der Waals surface area contributed by atoms with Crippen LogP contribution in [0.2, 0.25) is 0 Å². The normalized spacial score (nSPS) is 26.7. The van der Waals surface area contributed by atoms with Crippen LogP contribution in [0.3, 0.4) is 0 Å². The van der Waals surface area contributed by atoms with Gasteiger partial charge in [-0.15, -0.1) is 0 Å². The minimum atomic E-state index is -0.525. The number of benzene rings is 1. The van der Waals surface area contributed by atoms with Gasteiger partial charge in [-0.25, -0.2) is 8.78 Å². The maximum atomic E-state index is 13.3. The van der Waals surface area contributed by atoms with Gasteiger partial charge in [0.05, 0.1) is 0 Å². The molecule has 0 saturated carbocycles. The standard InChI is InChI=1S/C18H26F2N2O/c19-17-6-14(7-18(20)8-17)9-22-11-15(16(12-22)13-23)10-21-4-2-1-3-5-21/h6-8,15-16,23H,1-5,9-13H2/t15-,16-/m1/s1. The van der Waals surface area contributed by atoms with Crippen molar-refractivity contribution in [2.75, 3.05) is 39.3 Å². The van der Waals surface area contributed by atoms with Gasteiger partial charge in [-0.2, -0.15) is 0 Å². The van der Waals surface area contributed by atoms with Crippen molar-refractivity contribution in [3.8, 4) is 0 Å². The Morgan fingerprint density at radius 2 is 1.57 bits per heavy atom. The first-order valence-electron chi connectivity index (χ1n) is 8.64. The summed E-state index contributed by atoms with van der Waals surface area (Å²) in [5.41, 5.74) is 0.665. The molecule has 1 N–H and O–H groups in total. The molecule has 1 aromatic rings. The summed E-state index contributed by atoms with van der Waals surface area (Å²) in [5.74, 6) is -0.350. The Hall–Kier alpha value is -1.04. The minimum Gasteiger partial charge on any atom is -0.396 e. The summed E-state index contributed by atoms with van der Waals surface area (Å²) in [5, 5.41) is 9.67. The van der Waals surface area contributed by atoms with E-state index in [9.17, 15) is 13.9 Å². The predicted octanol–water partition coefficient (Wildman–Crippen LogP) is 2.49. The van der Waals surface area contributed by atoms with Crippen molar-refractivity contribution in [2.45, 2.75) is 25.8 Å². The number of aliphatic hydroxyl groups is 1. The van der Waals surface area contributed by atoms with Gasteiger partial charge in [0.2, 0.25) is 0 Å². The van der Waals surface area contributed by atoms with Crippen LogP contribution in [0.4, 0.5) is 8.78 Å². The molecule has 1 aromatic carbocycles. The zero-order valence-electron chi connectivity index (χ0n) is 13.6. The van der Waals surface area contributed by atoms with E-state index < -0.39 is 11.6 Å². The lowest BCUT2D eigenvalue weighted by atomic mass is 9.95. The molecule has 0 unspecified atom stereocenters. The molecule has 2 heterocycles. The van der Waals surface area contributed by atoms with Crippen LogP contribution in [0.1, 0.15) is 24.8 Å². The number of likely N-dealkylation sites (tertiary alicyclic amines) is 2. The lowest BCUT2D eigenvalue weighted by Crippen LogP contribution is -2.37. The first-order valence-corrected chi connectivity index (χ1v) is 8.64. The van der Waals surface area contributed by atoms with Crippen LogP contribution in [-0.4, -0.2) is 54.2 Å². The van der Waals surface area contributed by atoms with E-state index in [-0.39, 0.29) is 12.5 Å². The molecular weight excluding hydrogens is 298 g/mol. The van der Waals surface area contributed by atoms with E-state index in [0.29, 0.717) is 18.0 Å². The Labute approximate surface area is 136 Å². The molecule has 5 heteroatoms. The van der Waals surface area contributed by atoms with Gasteiger partial charge in [0.25, 0.3) is 0 Å². The molecule has 0 amide bonds. The average Bonchev–Trinajstić information content (AvgIpc) is 2.88. The maximum Gasteiger partial charge on any atom is 0.126 e. The van der Waals surface area contributed by atoms with Crippen LogP contribution in [0.25, 0.3) is 0 Å². The van der Waals surface area contributed by atoms with Gasteiger partial charge in [0.1, 0.15) is 11.6 Å². The van der Waals surface area contributed by atoms with E-state index in [2.05, 4.69) is 9.80 Å². The highest BCUT2D eigenvalue weighted by atomic mass is 19.1. The smallest absolute Gasteiger partial charge is 0.126 e. The van der Waals surface area contributed by atoms with E-state index in [4.69, 9.17) is 0 Å². The Morgan fingerprint density at radius 1 is 0.913 bits per heavy atom. The number of hydrogen-bond donors (Lipinski definition) is 1. The number of rotatable bonds is 5. The van der Waals surface area contributed by atoms with Crippen molar-refractivity contribution in [1.29, 1.82) is 0 Å². The van der Waals surface area contributed by atoms with Crippen LogP contribution in [0.5, 0.6) is 0 Å². The fraction of sp³-hybridized carbons (Fsp3) is 0.667. The lowest BCUT2D eigenvalue weighted by molar-refractivity contribution is 0.149. The van der Waals surface area contributed by atoms with Crippen molar-refractivity contribution >= 4 is 0 Å². The molecule has 3 nitrogen and oxygen atoms in total. The van der Waals surface area contributed by atoms with Crippen molar-refractivity contribution in [1.82, 2.24) is 9.80 Å². The third-order valence-electron chi connectivity index (χ3n) is 5.16. The van der Waals surface area contributed by atoms with Crippen molar-refractivity contribution in [3.63, 3.8) is 0 Å².